The van der Waals surface area contributed by atoms with Crippen LogP contribution in [0.3, 0.4) is 0 Å². The summed E-state index contributed by atoms with van der Waals surface area (Å²) in [5.74, 6) is 0.537. The van der Waals surface area contributed by atoms with Crippen LogP contribution in [-0.4, -0.2) is 140 Å². The molecule has 12 atom stereocenters. The number of aliphatic hydroxyl groups is 4. The molecule has 2 aliphatic heterocycles. The quantitative estimate of drug-likeness (QED) is 0.228. The lowest BCUT2D eigenvalue weighted by molar-refractivity contribution is -0.304. The first-order valence-corrected chi connectivity index (χ1v) is 22.4. The highest BCUT2D eigenvalue weighted by Crippen LogP contribution is 2.58. The van der Waals surface area contributed by atoms with Crippen molar-refractivity contribution >= 4 is 11.8 Å². The van der Waals surface area contributed by atoms with Gasteiger partial charge in [-0.25, -0.2) is 4.68 Å². The van der Waals surface area contributed by atoms with E-state index in [0.29, 0.717) is 50.2 Å². The monoisotopic (exact) mass is 844 g/mol. The number of esters is 1. The van der Waals surface area contributed by atoms with Crippen LogP contribution in [0, 0.1) is 47.3 Å². The summed E-state index contributed by atoms with van der Waals surface area (Å²) in [7, 11) is 5.59. The molecule has 60 heavy (non-hydrogen) atoms. The molecule has 4 aliphatic carbocycles. The average molecular weight is 844 g/mol. The number of ketones is 1. The van der Waals surface area contributed by atoms with Gasteiger partial charge in [0.25, 0.3) is 0 Å². The molecular weight excluding hydrogens is 767 g/mol. The summed E-state index contributed by atoms with van der Waals surface area (Å²) in [4.78, 5) is 31.1. The summed E-state index contributed by atoms with van der Waals surface area (Å²) in [5, 5.41) is 53.9. The fourth-order valence-corrected chi connectivity index (χ4v) is 11.5. The summed E-state index contributed by atoms with van der Waals surface area (Å²) in [6.45, 7) is 10.1. The third kappa shape index (κ3) is 11.3. The van der Waals surface area contributed by atoms with E-state index in [1.165, 1.54) is 32.1 Å². The van der Waals surface area contributed by atoms with Crippen LogP contribution < -0.4 is 0 Å². The molecule has 4 saturated carbocycles. The number of rotatable bonds is 11. The Kier molecular flexibility index (Phi) is 17.1. The smallest absolute Gasteiger partial charge is 0.308 e. The topological polar surface area (TPSA) is 180 Å². The van der Waals surface area contributed by atoms with Gasteiger partial charge in [0.1, 0.15) is 12.2 Å². The van der Waals surface area contributed by atoms with Crippen LogP contribution in [-0.2, 0) is 30.3 Å². The number of aliphatic hydroxyl groups excluding tert-OH is 4. The highest BCUT2D eigenvalue weighted by Gasteiger charge is 2.50. The predicted molar refractivity (Wildman–Crippen MR) is 228 cm³/mol. The van der Waals surface area contributed by atoms with Gasteiger partial charge in [-0.2, -0.15) is 0 Å². The first-order valence-electron chi connectivity index (χ1n) is 22.4. The lowest BCUT2D eigenvalue weighted by atomic mass is 9.54. The van der Waals surface area contributed by atoms with Gasteiger partial charge in [-0.05, 0) is 129 Å². The highest BCUT2D eigenvalue weighted by atomic mass is 16.7. The highest BCUT2D eigenvalue weighted by molar-refractivity contribution is 5.91. The van der Waals surface area contributed by atoms with Crippen LogP contribution in [0.5, 0.6) is 0 Å². The molecule has 4 bridgehead atoms. The third-order valence-electron chi connectivity index (χ3n) is 14.5. The largest absolute Gasteiger partial charge is 0.462 e. The number of nitrogens with zero attached hydrogens (tertiary/aromatic N) is 5. The van der Waals surface area contributed by atoms with Gasteiger partial charge >= 0.3 is 5.97 Å². The Labute approximate surface area is 358 Å². The Morgan fingerprint density at radius 3 is 2.23 bits per heavy atom. The van der Waals surface area contributed by atoms with E-state index in [1.54, 1.807) is 38.1 Å². The molecule has 6 aliphatic rings. The number of likely N-dealkylation sites (N-methyl/N-ethyl adjacent to an activating group) is 1. The van der Waals surface area contributed by atoms with E-state index >= 15 is 0 Å². The van der Waals surface area contributed by atoms with Crippen LogP contribution >= 0.6 is 0 Å². The Bertz CT molecular complexity index is 1590. The molecule has 0 radical (unpaired) electrons. The Morgan fingerprint density at radius 1 is 0.950 bits per heavy atom. The summed E-state index contributed by atoms with van der Waals surface area (Å²) in [6, 6.07) is -0.255. The van der Waals surface area contributed by atoms with E-state index in [0.717, 1.165) is 23.1 Å². The van der Waals surface area contributed by atoms with Crippen molar-refractivity contribution in [3.8, 4) is 0 Å². The van der Waals surface area contributed by atoms with Gasteiger partial charge < -0.3 is 44.4 Å². The van der Waals surface area contributed by atoms with Crippen LogP contribution in [0.2, 0.25) is 0 Å². The first kappa shape index (κ1) is 48.5. The van der Waals surface area contributed by atoms with Gasteiger partial charge in [0.2, 0.25) is 0 Å². The number of ether oxygens (including phenoxy) is 3. The third-order valence-corrected chi connectivity index (χ3v) is 14.5. The number of cyclic esters (lactones) is 1. The van der Waals surface area contributed by atoms with Crippen molar-refractivity contribution in [3.05, 3.63) is 35.7 Å². The second kappa shape index (κ2) is 21.2. The molecule has 4 N–H and O–H groups in total. The standard InChI is InChI=1S/C45H73N5O9.CH4/c1-9-38-34(24-51)14-25(2)10-11-36(52)26(3)15-31(12-13-49(8)22-35-23-50(47-46-35)40-32-17-29-16-30(19-32)20-33(40)18-29)44(27(4)37(53)21-39(54)58-38)59-45-43(56)41(48(6)7)42(55)28(5)57-45;/h10-11,14,23,26-34,37-38,40-45,51,53,55-56H,9,12-13,15-22,24H2,1-8H3;1H4/b11-10+,25-14+;/t26-,27+,28-,29?,30?,31+,32?,33?,34-,37-,38-,40?,41?,42-,43?,44-,45+;/m1./s1. The molecule has 340 valence electrons. The van der Waals surface area contributed by atoms with Crippen LogP contribution in [0.1, 0.15) is 112 Å². The van der Waals surface area contributed by atoms with Gasteiger partial charge in [0.15, 0.2) is 12.1 Å². The number of allylic oxidation sites excluding steroid dienone is 3. The Hall–Kier alpha value is -2.56. The maximum atomic E-state index is 13.8. The first-order chi connectivity index (χ1) is 28.1. The fourth-order valence-electron chi connectivity index (χ4n) is 11.5. The Morgan fingerprint density at radius 2 is 1.62 bits per heavy atom. The number of hydrogen-bond donors (Lipinski definition) is 4. The second-order valence-corrected chi connectivity index (χ2v) is 19.3. The van der Waals surface area contributed by atoms with Crippen molar-refractivity contribution in [2.24, 2.45) is 47.3 Å². The molecule has 3 heterocycles. The zero-order chi connectivity index (χ0) is 42.7. The second-order valence-electron chi connectivity index (χ2n) is 19.3. The van der Waals surface area contributed by atoms with Gasteiger partial charge in [-0.1, -0.05) is 51.1 Å². The molecule has 14 heteroatoms. The minimum absolute atomic E-state index is 0. The number of aromatic nitrogens is 3. The maximum absolute atomic E-state index is 13.8. The van der Waals surface area contributed by atoms with Crippen LogP contribution in [0.25, 0.3) is 0 Å². The molecular formula is C46H77N5O9. The van der Waals surface area contributed by atoms with Crippen molar-refractivity contribution in [3.63, 3.8) is 0 Å². The zero-order valence-electron chi connectivity index (χ0n) is 36.7. The van der Waals surface area contributed by atoms with Crippen LogP contribution in [0.15, 0.2) is 30.0 Å². The lowest BCUT2D eigenvalue weighted by Gasteiger charge is -2.54. The van der Waals surface area contributed by atoms with E-state index in [9.17, 15) is 30.0 Å². The molecule has 5 fully saturated rings. The lowest BCUT2D eigenvalue weighted by Crippen LogP contribution is -2.63. The van der Waals surface area contributed by atoms with Gasteiger partial charge in [0, 0.05) is 24.3 Å². The SMILES string of the molecule is C.CC[C@H]1OC(=O)C[C@@H](O)[C@H](C)[C@@H](O[C@@H]2O[C@H](C)[C@@H](O)C(N(C)C)C2O)[C@@H](CCN(C)Cc2cn(C3C4CC5CC(C4)CC3C5)nn2)C[C@@H](C)C(=O)/C=C/C(C)=C/[C@@H]1CO. The van der Waals surface area contributed by atoms with Crippen molar-refractivity contribution in [2.75, 3.05) is 34.3 Å². The van der Waals surface area contributed by atoms with E-state index in [4.69, 9.17) is 14.2 Å². The molecule has 14 nitrogen and oxygen atoms in total. The zero-order valence-corrected chi connectivity index (χ0v) is 36.7. The molecule has 1 aromatic heterocycles. The predicted octanol–water partition coefficient (Wildman–Crippen LogP) is 4.56. The molecule has 0 spiro atoms. The van der Waals surface area contributed by atoms with Crippen molar-refractivity contribution in [1.29, 1.82) is 0 Å². The Balaban J connectivity index is 0.00000683. The summed E-state index contributed by atoms with van der Waals surface area (Å²) < 4.78 is 20.9. The number of hydrogen-bond acceptors (Lipinski definition) is 13. The van der Waals surface area contributed by atoms with E-state index in [-0.39, 0.29) is 32.2 Å². The van der Waals surface area contributed by atoms with E-state index in [2.05, 4.69) is 26.1 Å². The molecule has 1 saturated heterocycles. The fraction of sp³-hybridized carbons (Fsp3) is 0.826. The van der Waals surface area contributed by atoms with Gasteiger partial charge in [-0.3, -0.25) is 9.59 Å². The maximum Gasteiger partial charge on any atom is 0.308 e. The van der Waals surface area contributed by atoms with Gasteiger partial charge in [0.05, 0.1) is 61.4 Å². The molecule has 7 rings (SSSR count). The minimum Gasteiger partial charge on any atom is -0.462 e. The molecule has 1 aromatic rings. The van der Waals surface area contributed by atoms with Crippen molar-refractivity contribution in [1.82, 2.24) is 24.8 Å². The summed E-state index contributed by atoms with van der Waals surface area (Å²) in [5.41, 5.74) is 1.66. The van der Waals surface area contributed by atoms with Crippen LogP contribution in [0.4, 0.5) is 0 Å². The average Bonchev–Trinajstić information content (AvgIpc) is 3.64. The molecule has 0 amide bonds. The molecule has 0 aromatic carbocycles. The number of carbonyl (C=O) groups is 2. The molecule has 2 unspecified atom stereocenters. The van der Waals surface area contributed by atoms with Crippen molar-refractivity contribution < 1.29 is 44.2 Å². The number of carbonyl (C=O) groups excluding carboxylic acids is 2. The van der Waals surface area contributed by atoms with E-state index < -0.39 is 72.7 Å². The summed E-state index contributed by atoms with van der Waals surface area (Å²) in [6.07, 6.45) is 8.30. The normalized spacial score (nSPS) is 41.8. The van der Waals surface area contributed by atoms with Gasteiger partial charge in [-0.15, -0.1) is 5.10 Å². The van der Waals surface area contributed by atoms with Crippen molar-refractivity contribution in [2.45, 2.75) is 161 Å². The summed E-state index contributed by atoms with van der Waals surface area (Å²) >= 11 is 0. The minimum atomic E-state index is -1.23. The van der Waals surface area contributed by atoms with E-state index in [1.807, 2.05) is 40.8 Å².